The second-order valence-corrected chi connectivity index (χ2v) is 6.79. The lowest BCUT2D eigenvalue weighted by atomic mass is 9.99. The molecule has 2 heterocycles. The lowest BCUT2D eigenvalue weighted by molar-refractivity contribution is 0.0994. The predicted octanol–water partition coefficient (Wildman–Crippen LogP) is 3.87. The molecule has 130 valence electrons. The van der Waals surface area contributed by atoms with Gasteiger partial charge in [0.05, 0.1) is 6.04 Å². The minimum absolute atomic E-state index is 0.0535. The molecule has 0 spiro atoms. The standard InChI is InChI=1S/C19H21N3O3/c1-12-10-16(21-25-12)17-4-2-3-9-22(17)19(24)20-14-6-7-15-13(11-14)5-8-18(15)23/h6-7,10-11,17H,2-5,8-9H2,1H3,(H,20,24)/t17-/m1/s1. The maximum Gasteiger partial charge on any atom is 0.322 e. The molecule has 1 aliphatic heterocycles. The number of anilines is 1. The summed E-state index contributed by atoms with van der Waals surface area (Å²) in [7, 11) is 0. The van der Waals surface area contributed by atoms with Gasteiger partial charge >= 0.3 is 6.03 Å². The first-order valence-corrected chi connectivity index (χ1v) is 8.79. The van der Waals surface area contributed by atoms with E-state index in [0.29, 0.717) is 13.0 Å². The molecule has 6 heteroatoms. The highest BCUT2D eigenvalue weighted by atomic mass is 16.5. The Morgan fingerprint density at radius 1 is 1.28 bits per heavy atom. The lowest BCUT2D eigenvalue weighted by Crippen LogP contribution is -2.41. The van der Waals surface area contributed by atoms with Crippen LogP contribution in [-0.4, -0.2) is 28.4 Å². The highest BCUT2D eigenvalue weighted by Gasteiger charge is 2.30. The summed E-state index contributed by atoms with van der Waals surface area (Å²) in [5, 5.41) is 7.08. The Kier molecular flexibility index (Phi) is 4.03. The van der Waals surface area contributed by atoms with Crippen LogP contribution in [0.1, 0.15) is 59.1 Å². The van der Waals surface area contributed by atoms with E-state index in [4.69, 9.17) is 4.52 Å². The van der Waals surface area contributed by atoms with Gasteiger partial charge in [0, 0.05) is 30.3 Å². The van der Waals surface area contributed by atoms with Gasteiger partial charge in [0.15, 0.2) is 5.78 Å². The molecule has 0 unspecified atom stereocenters. The monoisotopic (exact) mass is 339 g/mol. The van der Waals surface area contributed by atoms with E-state index in [1.165, 1.54) is 0 Å². The molecular weight excluding hydrogens is 318 g/mol. The predicted molar refractivity (Wildman–Crippen MR) is 92.7 cm³/mol. The van der Waals surface area contributed by atoms with Crippen molar-refractivity contribution in [3.63, 3.8) is 0 Å². The average Bonchev–Trinajstić information content (AvgIpc) is 3.21. The van der Waals surface area contributed by atoms with E-state index in [0.717, 1.165) is 54.0 Å². The van der Waals surface area contributed by atoms with Crippen LogP contribution in [0.4, 0.5) is 10.5 Å². The van der Waals surface area contributed by atoms with Crippen molar-refractivity contribution >= 4 is 17.5 Å². The Morgan fingerprint density at radius 3 is 2.96 bits per heavy atom. The van der Waals surface area contributed by atoms with Gasteiger partial charge < -0.3 is 14.7 Å². The molecule has 2 aliphatic rings. The molecule has 0 radical (unpaired) electrons. The second kappa shape index (κ2) is 6.35. The first-order valence-electron chi connectivity index (χ1n) is 8.79. The van der Waals surface area contributed by atoms with E-state index in [9.17, 15) is 9.59 Å². The van der Waals surface area contributed by atoms with Crippen molar-refractivity contribution in [2.24, 2.45) is 0 Å². The van der Waals surface area contributed by atoms with Crippen LogP contribution in [-0.2, 0) is 6.42 Å². The van der Waals surface area contributed by atoms with E-state index < -0.39 is 0 Å². The molecule has 2 aromatic rings. The number of hydrogen-bond donors (Lipinski definition) is 1. The van der Waals surface area contributed by atoms with Crippen LogP contribution in [0.2, 0.25) is 0 Å². The Labute approximate surface area is 146 Å². The van der Waals surface area contributed by atoms with Gasteiger partial charge in [0.25, 0.3) is 0 Å². The van der Waals surface area contributed by atoms with Gasteiger partial charge in [-0.1, -0.05) is 5.16 Å². The van der Waals surface area contributed by atoms with Gasteiger partial charge in [-0.2, -0.15) is 0 Å². The lowest BCUT2D eigenvalue weighted by Gasteiger charge is -2.34. The SMILES string of the molecule is Cc1cc([C@H]2CCCCN2C(=O)Nc2ccc3c(c2)CCC3=O)no1. The molecule has 1 aromatic carbocycles. The van der Waals surface area contributed by atoms with Crippen molar-refractivity contribution in [1.82, 2.24) is 10.1 Å². The van der Waals surface area contributed by atoms with E-state index in [1.54, 1.807) is 6.07 Å². The molecule has 1 aliphatic carbocycles. The highest BCUT2D eigenvalue weighted by Crippen LogP contribution is 2.31. The van der Waals surface area contributed by atoms with E-state index in [-0.39, 0.29) is 17.9 Å². The van der Waals surface area contributed by atoms with Crippen molar-refractivity contribution in [3.8, 4) is 0 Å². The Morgan fingerprint density at radius 2 is 2.16 bits per heavy atom. The second-order valence-electron chi connectivity index (χ2n) is 6.79. The number of benzene rings is 1. The number of ketones is 1. The summed E-state index contributed by atoms with van der Waals surface area (Å²) in [5.74, 6) is 0.939. The minimum atomic E-state index is -0.130. The number of rotatable bonds is 2. The summed E-state index contributed by atoms with van der Waals surface area (Å²) in [6.45, 7) is 2.56. The number of Topliss-reactive ketones (excluding diaryl/α,β-unsaturated/α-hetero) is 1. The number of nitrogens with one attached hydrogen (secondary N) is 1. The smallest absolute Gasteiger partial charge is 0.322 e. The van der Waals surface area contributed by atoms with E-state index in [1.807, 2.05) is 30.0 Å². The summed E-state index contributed by atoms with van der Waals surface area (Å²) in [6.07, 6.45) is 4.26. The molecular formula is C19H21N3O3. The van der Waals surface area contributed by atoms with Crippen LogP contribution in [0.5, 0.6) is 0 Å². The number of hydrogen-bond acceptors (Lipinski definition) is 4. The summed E-state index contributed by atoms with van der Waals surface area (Å²) in [5.41, 5.74) is 3.35. The fourth-order valence-electron chi connectivity index (χ4n) is 3.75. The van der Waals surface area contributed by atoms with Gasteiger partial charge in [-0.05, 0) is 56.4 Å². The number of fused-ring (bicyclic) bond motifs is 1. The van der Waals surface area contributed by atoms with Crippen molar-refractivity contribution in [2.75, 3.05) is 11.9 Å². The molecule has 1 saturated heterocycles. The third kappa shape index (κ3) is 3.04. The number of aryl methyl sites for hydroxylation is 2. The maximum absolute atomic E-state index is 12.8. The third-order valence-corrected chi connectivity index (χ3v) is 5.03. The number of carbonyl (C=O) groups excluding carboxylic acids is 2. The third-order valence-electron chi connectivity index (χ3n) is 5.03. The van der Waals surface area contributed by atoms with E-state index >= 15 is 0 Å². The molecule has 1 N–H and O–H groups in total. The molecule has 25 heavy (non-hydrogen) atoms. The van der Waals surface area contributed by atoms with E-state index in [2.05, 4.69) is 10.5 Å². The first-order chi connectivity index (χ1) is 12.1. The quantitative estimate of drug-likeness (QED) is 0.901. The summed E-state index contributed by atoms with van der Waals surface area (Å²) in [6, 6.07) is 7.25. The van der Waals surface area contributed by atoms with Crippen molar-refractivity contribution < 1.29 is 14.1 Å². The van der Waals surface area contributed by atoms with Gasteiger partial charge in [0.1, 0.15) is 11.5 Å². The zero-order valence-electron chi connectivity index (χ0n) is 14.2. The Balaban J connectivity index is 1.52. The maximum atomic E-state index is 12.8. The van der Waals surface area contributed by atoms with Crippen LogP contribution in [0, 0.1) is 6.92 Å². The normalized spacial score (nSPS) is 19.8. The number of aromatic nitrogens is 1. The number of nitrogens with zero attached hydrogens (tertiary/aromatic N) is 2. The molecule has 1 aromatic heterocycles. The van der Waals surface area contributed by atoms with Crippen molar-refractivity contribution in [2.45, 2.75) is 45.1 Å². The van der Waals surface area contributed by atoms with Gasteiger partial charge in [-0.25, -0.2) is 4.79 Å². The van der Waals surface area contributed by atoms with Gasteiger partial charge in [0.2, 0.25) is 0 Å². The van der Waals surface area contributed by atoms with Crippen LogP contribution in [0.3, 0.4) is 0 Å². The highest BCUT2D eigenvalue weighted by molar-refractivity contribution is 6.01. The van der Waals surface area contributed by atoms with Crippen LogP contribution < -0.4 is 5.32 Å². The zero-order valence-corrected chi connectivity index (χ0v) is 14.2. The first kappa shape index (κ1) is 15.9. The molecule has 0 saturated carbocycles. The van der Waals surface area contributed by atoms with Crippen molar-refractivity contribution in [1.29, 1.82) is 0 Å². The molecule has 2 amide bonds. The minimum Gasteiger partial charge on any atom is -0.361 e. The Bertz CT molecular complexity index is 827. The molecule has 4 rings (SSSR count). The fourth-order valence-corrected chi connectivity index (χ4v) is 3.75. The number of amides is 2. The van der Waals surface area contributed by atoms with Crippen LogP contribution in [0.25, 0.3) is 0 Å². The number of piperidine rings is 1. The summed E-state index contributed by atoms with van der Waals surface area (Å²) in [4.78, 5) is 26.4. The van der Waals surface area contributed by atoms with Crippen LogP contribution >= 0.6 is 0 Å². The molecule has 0 bridgehead atoms. The van der Waals surface area contributed by atoms with Gasteiger partial charge in [-0.15, -0.1) is 0 Å². The topological polar surface area (TPSA) is 75.4 Å². The van der Waals surface area contributed by atoms with Crippen molar-refractivity contribution in [3.05, 3.63) is 46.8 Å². The fraction of sp³-hybridized carbons (Fsp3) is 0.421. The number of urea groups is 1. The van der Waals surface area contributed by atoms with Gasteiger partial charge in [-0.3, -0.25) is 4.79 Å². The number of likely N-dealkylation sites (tertiary alicyclic amines) is 1. The Hall–Kier alpha value is -2.63. The summed E-state index contributed by atoms with van der Waals surface area (Å²) < 4.78 is 5.18. The molecule has 6 nitrogen and oxygen atoms in total. The summed E-state index contributed by atoms with van der Waals surface area (Å²) >= 11 is 0. The largest absolute Gasteiger partial charge is 0.361 e. The molecule has 1 atom stereocenters. The molecule has 1 fully saturated rings. The zero-order chi connectivity index (χ0) is 17.4. The number of carbonyl (C=O) groups is 2. The van der Waals surface area contributed by atoms with Crippen LogP contribution in [0.15, 0.2) is 28.8 Å². The average molecular weight is 339 g/mol.